The van der Waals surface area contributed by atoms with Crippen LogP contribution >= 0.6 is 11.3 Å². The number of thiophene rings is 1. The van der Waals surface area contributed by atoms with Gasteiger partial charge in [-0.15, -0.1) is 11.3 Å². The van der Waals surface area contributed by atoms with E-state index in [4.69, 9.17) is 9.47 Å². The van der Waals surface area contributed by atoms with Crippen LogP contribution in [0.25, 0.3) is 0 Å². The summed E-state index contributed by atoms with van der Waals surface area (Å²) in [5.74, 6) is -2.47. The summed E-state index contributed by atoms with van der Waals surface area (Å²) in [6, 6.07) is 0. The van der Waals surface area contributed by atoms with Crippen LogP contribution in [-0.2, 0) is 14.3 Å². The molecule has 0 bridgehead atoms. The van der Waals surface area contributed by atoms with Crippen molar-refractivity contribution in [2.75, 3.05) is 32.6 Å². The molecule has 154 valence electrons. The van der Waals surface area contributed by atoms with Crippen LogP contribution in [0.4, 0.5) is 5.00 Å². The molecule has 2 aromatic rings. The van der Waals surface area contributed by atoms with Crippen molar-refractivity contribution in [2.24, 2.45) is 0 Å². The summed E-state index contributed by atoms with van der Waals surface area (Å²) in [4.78, 5) is 58.0. The molecule has 0 aromatic carbocycles. The Balaban J connectivity index is 2.18. The van der Waals surface area contributed by atoms with E-state index in [0.717, 1.165) is 11.3 Å². The van der Waals surface area contributed by atoms with Crippen LogP contribution in [0.2, 0.25) is 0 Å². The van der Waals surface area contributed by atoms with Crippen LogP contribution in [0.1, 0.15) is 43.0 Å². The normalized spacial score (nSPS) is 10.2. The maximum absolute atomic E-state index is 12.4. The summed E-state index contributed by atoms with van der Waals surface area (Å²) < 4.78 is 9.92. The molecular weight excluding hydrogens is 400 g/mol. The van der Waals surface area contributed by atoms with Crippen molar-refractivity contribution in [3.05, 3.63) is 40.3 Å². The smallest absolute Gasteiger partial charge is 0.359 e. The summed E-state index contributed by atoms with van der Waals surface area (Å²) in [6.07, 6.45) is 3.92. The van der Waals surface area contributed by atoms with E-state index in [9.17, 15) is 19.2 Å². The van der Waals surface area contributed by atoms with Gasteiger partial charge in [-0.05, 0) is 19.4 Å². The largest absolute Gasteiger partial charge is 0.462 e. The number of rotatable bonds is 7. The van der Waals surface area contributed by atoms with Crippen molar-refractivity contribution >= 4 is 40.1 Å². The SMILES string of the molecule is CCOC(=O)c1c(NC(=O)COC(=O)c2cnccn2)sc(C(=O)N(C)C)c1C. The maximum atomic E-state index is 12.4. The van der Waals surface area contributed by atoms with Crippen LogP contribution in [0.15, 0.2) is 18.6 Å². The highest BCUT2D eigenvalue weighted by molar-refractivity contribution is 7.18. The van der Waals surface area contributed by atoms with Crippen molar-refractivity contribution in [3.63, 3.8) is 0 Å². The number of hydrogen-bond donors (Lipinski definition) is 1. The zero-order valence-corrected chi connectivity index (χ0v) is 17.2. The second-order valence-corrected chi connectivity index (χ2v) is 6.92. The van der Waals surface area contributed by atoms with Gasteiger partial charge in [-0.1, -0.05) is 0 Å². The Hall–Kier alpha value is -3.34. The number of ether oxygens (including phenoxy) is 2. The summed E-state index contributed by atoms with van der Waals surface area (Å²) >= 11 is 0.949. The van der Waals surface area contributed by atoms with Gasteiger partial charge >= 0.3 is 11.9 Å². The van der Waals surface area contributed by atoms with Crippen molar-refractivity contribution in [2.45, 2.75) is 13.8 Å². The Morgan fingerprint density at radius 2 is 1.86 bits per heavy atom. The molecule has 2 amide bonds. The molecule has 0 saturated carbocycles. The molecule has 0 saturated heterocycles. The number of nitrogens with one attached hydrogen (secondary N) is 1. The first kappa shape index (κ1) is 22.0. The highest BCUT2D eigenvalue weighted by Crippen LogP contribution is 2.34. The predicted octanol–water partition coefficient (Wildman–Crippen LogP) is 1.52. The fraction of sp³-hybridized carbons (Fsp3) is 0.333. The van der Waals surface area contributed by atoms with Crippen LogP contribution in [-0.4, -0.2) is 65.9 Å². The van der Waals surface area contributed by atoms with E-state index >= 15 is 0 Å². The molecule has 29 heavy (non-hydrogen) atoms. The second-order valence-electron chi connectivity index (χ2n) is 5.90. The molecule has 0 atom stereocenters. The molecule has 0 spiro atoms. The predicted molar refractivity (Wildman–Crippen MR) is 104 cm³/mol. The topological polar surface area (TPSA) is 128 Å². The average Bonchev–Trinajstić information content (AvgIpc) is 3.01. The van der Waals surface area contributed by atoms with E-state index in [-0.39, 0.29) is 28.8 Å². The van der Waals surface area contributed by atoms with Gasteiger partial charge in [-0.3, -0.25) is 14.6 Å². The number of carbonyl (C=O) groups excluding carboxylic acids is 4. The van der Waals surface area contributed by atoms with E-state index in [1.165, 1.54) is 23.5 Å². The van der Waals surface area contributed by atoms with Gasteiger partial charge in [0.15, 0.2) is 12.3 Å². The van der Waals surface area contributed by atoms with Crippen LogP contribution < -0.4 is 5.32 Å². The average molecular weight is 420 g/mol. The summed E-state index contributed by atoms with van der Waals surface area (Å²) in [7, 11) is 3.16. The Bertz CT molecular complexity index is 926. The molecule has 0 unspecified atom stereocenters. The number of carbonyl (C=O) groups is 4. The van der Waals surface area contributed by atoms with Gasteiger partial charge in [0, 0.05) is 26.5 Å². The minimum absolute atomic E-state index is 0.0432. The minimum atomic E-state index is -0.815. The Morgan fingerprint density at radius 3 is 2.45 bits per heavy atom. The molecule has 0 aliphatic heterocycles. The molecule has 0 aliphatic carbocycles. The minimum Gasteiger partial charge on any atom is -0.462 e. The quantitative estimate of drug-likeness (QED) is 0.668. The van der Waals surface area contributed by atoms with Gasteiger partial charge in [-0.25, -0.2) is 14.6 Å². The first-order valence-corrected chi connectivity index (χ1v) is 9.33. The Labute approximate surface area is 170 Å². The second kappa shape index (κ2) is 9.73. The van der Waals surface area contributed by atoms with Gasteiger partial charge in [-0.2, -0.15) is 0 Å². The first-order valence-electron chi connectivity index (χ1n) is 8.51. The summed E-state index contributed by atoms with van der Waals surface area (Å²) in [5.41, 5.74) is 0.452. The summed E-state index contributed by atoms with van der Waals surface area (Å²) in [6.45, 7) is 2.78. The number of esters is 2. The molecule has 0 aliphatic rings. The number of anilines is 1. The number of aromatic nitrogens is 2. The third-order valence-electron chi connectivity index (χ3n) is 3.59. The third kappa shape index (κ3) is 5.35. The van der Waals surface area contributed by atoms with Crippen molar-refractivity contribution < 1.29 is 28.7 Å². The zero-order valence-electron chi connectivity index (χ0n) is 16.3. The molecule has 2 aromatic heterocycles. The number of nitrogens with zero attached hydrogens (tertiary/aromatic N) is 3. The Morgan fingerprint density at radius 1 is 1.14 bits per heavy atom. The lowest BCUT2D eigenvalue weighted by atomic mass is 10.1. The Kier molecular flexibility index (Phi) is 7.37. The van der Waals surface area contributed by atoms with Crippen LogP contribution in [0, 0.1) is 6.92 Å². The molecule has 10 nitrogen and oxygen atoms in total. The number of amides is 2. The van der Waals surface area contributed by atoms with E-state index in [1.807, 2.05) is 0 Å². The molecule has 1 N–H and O–H groups in total. The molecule has 0 radical (unpaired) electrons. The van der Waals surface area contributed by atoms with Gasteiger partial charge in [0.1, 0.15) is 5.00 Å². The van der Waals surface area contributed by atoms with Crippen molar-refractivity contribution in [1.29, 1.82) is 0 Å². The fourth-order valence-corrected chi connectivity index (χ4v) is 3.46. The monoisotopic (exact) mass is 420 g/mol. The standard InChI is InChI=1S/C18H20N4O6S/c1-5-27-18(26)13-10(2)14(16(24)22(3)4)29-15(13)21-12(23)9-28-17(25)11-8-19-6-7-20-11/h6-8H,5,9H2,1-4H3,(H,21,23). The van der Waals surface area contributed by atoms with Crippen LogP contribution in [0.3, 0.4) is 0 Å². The molecule has 2 heterocycles. The van der Waals surface area contributed by atoms with Crippen molar-refractivity contribution in [3.8, 4) is 0 Å². The highest BCUT2D eigenvalue weighted by atomic mass is 32.1. The van der Waals surface area contributed by atoms with Crippen LogP contribution in [0.5, 0.6) is 0 Å². The van der Waals surface area contributed by atoms with Gasteiger partial charge in [0.25, 0.3) is 11.8 Å². The number of hydrogen-bond acceptors (Lipinski definition) is 9. The van der Waals surface area contributed by atoms with Gasteiger partial charge < -0.3 is 19.7 Å². The van der Waals surface area contributed by atoms with Gasteiger partial charge in [0.05, 0.1) is 23.2 Å². The highest BCUT2D eigenvalue weighted by Gasteiger charge is 2.27. The lowest BCUT2D eigenvalue weighted by Crippen LogP contribution is -2.22. The van der Waals surface area contributed by atoms with Gasteiger partial charge in [0.2, 0.25) is 0 Å². The van der Waals surface area contributed by atoms with E-state index in [0.29, 0.717) is 10.4 Å². The summed E-state index contributed by atoms with van der Waals surface area (Å²) in [5, 5.41) is 2.65. The van der Waals surface area contributed by atoms with Crippen molar-refractivity contribution in [1.82, 2.24) is 14.9 Å². The molecular formula is C18H20N4O6S. The fourth-order valence-electron chi connectivity index (χ4n) is 2.23. The van der Waals surface area contributed by atoms with E-state index < -0.39 is 24.5 Å². The molecule has 11 heteroatoms. The molecule has 2 rings (SSSR count). The lowest BCUT2D eigenvalue weighted by molar-refractivity contribution is -0.119. The third-order valence-corrected chi connectivity index (χ3v) is 4.78. The zero-order chi connectivity index (χ0) is 21.6. The first-order chi connectivity index (χ1) is 13.8. The van der Waals surface area contributed by atoms with E-state index in [2.05, 4.69) is 15.3 Å². The maximum Gasteiger partial charge on any atom is 0.359 e. The lowest BCUT2D eigenvalue weighted by Gasteiger charge is -2.09. The molecule has 0 fully saturated rings. The van der Waals surface area contributed by atoms with E-state index in [1.54, 1.807) is 27.9 Å².